The SMILES string of the molecule is CCCC1(C(=O)Nc2ccc3[nH]ccc3c2)CCCN1. The van der Waals surface area contributed by atoms with Crippen LogP contribution in [-0.4, -0.2) is 23.0 Å². The number of amides is 1. The smallest absolute Gasteiger partial charge is 0.244 e. The van der Waals surface area contributed by atoms with Gasteiger partial charge in [0.1, 0.15) is 0 Å². The van der Waals surface area contributed by atoms with Gasteiger partial charge in [0.15, 0.2) is 0 Å². The highest BCUT2D eigenvalue weighted by atomic mass is 16.2. The number of aromatic nitrogens is 1. The number of aromatic amines is 1. The molecule has 1 amide bonds. The molecule has 1 aromatic carbocycles. The van der Waals surface area contributed by atoms with E-state index in [9.17, 15) is 4.79 Å². The lowest BCUT2D eigenvalue weighted by molar-refractivity contribution is -0.122. The minimum absolute atomic E-state index is 0.103. The molecule has 1 saturated heterocycles. The maximum Gasteiger partial charge on any atom is 0.244 e. The van der Waals surface area contributed by atoms with Gasteiger partial charge in [-0.05, 0) is 50.1 Å². The molecular formula is C16H21N3O. The zero-order valence-corrected chi connectivity index (χ0v) is 11.8. The van der Waals surface area contributed by atoms with E-state index in [1.807, 2.05) is 30.5 Å². The fourth-order valence-corrected chi connectivity index (χ4v) is 3.14. The molecule has 3 N–H and O–H groups in total. The molecule has 0 radical (unpaired) electrons. The maximum atomic E-state index is 12.6. The van der Waals surface area contributed by atoms with Gasteiger partial charge < -0.3 is 15.6 Å². The molecule has 3 rings (SSSR count). The molecule has 0 aliphatic carbocycles. The Kier molecular flexibility index (Phi) is 3.49. The van der Waals surface area contributed by atoms with Gasteiger partial charge in [0.25, 0.3) is 0 Å². The third-order valence-electron chi connectivity index (χ3n) is 4.17. The topological polar surface area (TPSA) is 56.9 Å². The summed E-state index contributed by atoms with van der Waals surface area (Å²) in [7, 11) is 0. The molecule has 1 aliphatic rings. The van der Waals surface area contributed by atoms with Crippen LogP contribution in [0.2, 0.25) is 0 Å². The highest BCUT2D eigenvalue weighted by Gasteiger charge is 2.39. The largest absolute Gasteiger partial charge is 0.361 e. The van der Waals surface area contributed by atoms with E-state index in [-0.39, 0.29) is 11.4 Å². The Hall–Kier alpha value is -1.81. The van der Waals surface area contributed by atoms with Crippen molar-refractivity contribution in [1.82, 2.24) is 10.3 Å². The molecule has 0 spiro atoms. The molecular weight excluding hydrogens is 250 g/mol. The van der Waals surface area contributed by atoms with Crippen LogP contribution in [0.5, 0.6) is 0 Å². The van der Waals surface area contributed by atoms with E-state index in [1.54, 1.807) is 0 Å². The van der Waals surface area contributed by atoms with Crippen LogP contribution in [0.3, 0.4) is 0 Å². The lowest BCUT2D eigenvalue weighted by atomic mass is 9.90. The third kappa shape index (κ3) is 2.31. The molecule has 1 fully saturated rings. The average Bonchev–Trinajstić information content (AvgIpc) is 3.08. The number of anilines is 1. The van der Waals surface area contributed by atoms with Gasteiger partial charge in [-0.1, -0.05) is 13.3 Å². The number of rotatable bonds is 4. The van der Waals surface area contributed by atoms with Crippen LogP contribution in [0, 0.1) is 0 Å². The van der Waals surface area contributed by atoms with Gasteiger partial charge in [-0.25, -0.2) is 0 Å². The summed E-state index contributed by atoms with van der Waals surface area (Å²) in [5.41, 5.74) is 1.58. The number of benzene rings is 1. The first-order valence-corrected chi connectivity index (χ1v) is 7.37. The Labute approximate surface area is 118 Å². The second-order valence-electron chi connectivity index (χ2n) is 5.60. The normalized spacial score (nSPS) is 22.2. The third-order valence-corrected chi connectivity index (χ3v) is 4.17. The predicted octanol–water partition coefficient (Wildman–Crippen LogP) is 3.03. The molecule has 1 aliphatic heterocycles. The summed E-state index contributed by atoms with van der Waals surface area (Å²) >= 11 is 0. The summed E-state index contributed by atoms with van der Waals surface area (Å²) in [5, 5.41) is 7.60. The Balaban J connectivity index is 1.80. The van der Waals surface area contributed by atoms with Gasteiger partial charge in [-0.3, -0.25) is 4.79 Å². The zero-order chi connectivity index (χ0) is 14.0. The van der Waals surface area contributed by atoms with Crippen molar-refractivity contribution >= 4 is 22.5 Å². The Morgan fingerprint density at radius 2 is 2.30 bits per heavy atom. The highest BCUT2D eigenvalue weighted by molar-refractivity contribution is 5.99. The molecule has 0 saturated carbocycles. The number of fused-ring (bicyclic) bond motifs is 1. The van der Waals surface area contributed by atoms with Crippen molar-refractivity contribution in [2.75, 3.05) is 11.9 Å². The summed E-state index contributed by atoms with van der Waals surface area (Å²) in [6.45, 7) is 3.06. The molecule has 1 unspecified atom stereocenters. The summed E-state index contributed by atoms with van der Waals surface area (Å²) in [5.74, 6) is 0.103. The van der Waals surface area contributed by atoms with Crippen LogP contribution in [0.1, 0.15) is 32.6 Å². The first-order chi connectivity index (χ1) is 9.73. The van der Waals surface area contributed by atoms with Gasteiger partial charge in [0, 0.05) is 22.8 Å². The van der Waals surface area contributed by atoms with Crippen molar-refractivity contribution < 1.29 is 4.79 Å². The summed E-state index contributed by atoms with van der Waals surface area (Å²) in [6, 6.07) is 7.98. The molecule has 2 heterocycles. The number of nitrogens with one attached hydrogen (secondary N) is 3. The minimum atomic E-state index is -0.373. The van der Waals surface area contributed by atoms with E-state index < -0.39 is 0 Å². The van der Waals surface area contributed by atoms with E-state index >= 15 is 0 Å². The molecule has 1 aromatic heterocycles. The van der Waals surface area contributed by atoms with Crippen LogP contribution in [0.4, 0.5) is 5.69 Å². The van der Waals surface area contributed by atoms with Crippen LogP contribution in [0.15, 0.2) is 30.5 Å². The predicted molar refractivity (Wildman–Crippen MR) is 81.8 cm³/mol. The number of carbonyl (C=O) groups excluding carboxylic acids is 1. The van der Waals surface area contributed by atoms with Crippen LogP contribution < -0.4 is 10.6 Å². The molecule has 1 atom stereocenters. The van der Waals surface area contributed by atoms with Crippen LogP contribution >= 0.6 is 0 Å². The minimum Gasteiger partial charge on any atom is -0.361 e. The second kappa shape index (κ2) is 5.29. The maximum absolute atomic E-state index is 12.6. The Bertz CT molecular complexity index is 611. The first kappa shape index (κ1) is 13.2. The number of carbonyl (C=O) groups is 1. The number of H-pyrrole nitrogens is 1. The van der Waals surface area contributed by atoms with Crippen LogP contribution in [-0.2, 0) is 4.79 Å². The summed E-state index contributed by atoms with van der Waals surface area (Å²) in [6.07, 6.45) is 5.82. The van der Waals surface area contributed by atoms with Crippen LogP contribution in [0.25, 0.3) is 10.9 Å². The number of hydrogen-bond donors (Lipinski definition) is 3. The second-order valence-corrected chi connectivity index (χ2v) is 5.60. The van der Waals surface area contributed by atoms with Gasteiger partial charge in [-0.15, -0.1) is 0 Å². The van der Waals surface area contributed by atoms with E-state index in [0.717, 1.165) is 48.8 Å². The van der Waals surface area contributed by atoms with E-state index in [1.165, 1.54) is 0 Å². The molecule has 0 bridgehead atoms. The quantitative estimate of drug-likeness (QED) is 0.800. The van der Waals surface area contributed by atoms with Gasteiger partial charge >= 0.3 is 0 Å². The van der Waals surface area contributed by atoms with Crippen molar-refractivity contribution in [2.24, 2.45) is 0 Å². The monoisotopic (exact) mass is 271 g/mol. The first-order valence-electron chi connectivity index (χ1n) is 7.37. The van der Waals surface area contributed by atoms with Gasteiger partial charge in [-0.2, -0.15) is 0 Å². The molecule has 106 valence electrons. The lowest BCUT2D eigenvalue weighted by Gasteiger charge is -2.27. The Morgan fingerprint density at radius 1 is 1.40 bits per heavy atom. The summed E-state index contributed by atoms with van der Waals surface area (Å²) in [4.78, 5) is 15.8. The van der Waals surface area contributed by atoms with Crippen molar-refractivity contribution in [3.63, 3.8) is 0 Å². The lowest BCUT2D eigenvalue weighted by Crippen LogP contribution is -2.50. The van der Waals surface area contributed by atoms with E-state index in [0.29, 0.717) is 0 Å². The molecule has 4 heteroatoms. The van der Waals surface area contributed by atoms with Crippen molar-refractivity contribution in [3.8, 4) is 0 Å². The van der Waals surface area contributed by atoms with Gasteiger partial charge in [0.2, 0.25) is 5.91 Å². The molecule has 4 nitrogen and oxygen atoms in total. The standard InChI is InChI=1S/C16H21N3O/c1-2-7-16(8-3-9-18-16)15(20)19-13-4-5-14-12(11-13)6-10-17-14/h4-6,10-11,17-18H,2-3,7-9H2,1H3,(H,19,20). The highest BCUT2D eigenvalue weighted by Crippen LogP contribution is 2.27. The Morgan fingerprint density at radius 3 is 3.05 bits per heavy atom. The van der Waals surface area contributed by atoms with Gasteiger partial charge in [0.05, 0.1) is 5.54 Å². The fourth-order valence-electron chi connectivity index (χ4n) is 3.14. The average molecular weight is 271 g/mol. The summed E-state index contributed by atoms with van der Waals surface area (Å²) < 4.78 is 0. The van der Waals surface area contributed by atoms with E-state index in [2.05, 4.69) is 22.5 Å². The zero-order valence-electron chi connectivity index (χ0n) is 11.8. The molecule has 20 heavy (non-hydrogen) atoms. The fraction of sp³-hybridized carbons (Fsp3) is 0.438. The van der Waals surface area contributed by atoms with Crippen molar-refractivity contribution in [1.29, 1.82) is 0 Å². The number of hydrogen-bond acceptors (Lipinski definition) is 2. The van der Waals surface area contributed by atoms with Crippen molar-refractivity contribution in [2.45, 2.75) is 38.1 Å². The van der Waals surface area contributed by atoms with Crippen molar-refractivity contribution in [3.05, 3.63) is 30.5 Å². The van der Waals surface area contributed by atoms with E-state index in [4.69, 9.17) is 0 Å². The molecule has 2 aromatic rings.